The Labute approximate surface area is 95.6 Å². The highest BCUT2D eigenvalue weighted by atomic mass is 16.4. The number of likely N-dealkylation sites (tertiary alicyclic amines) is 1. The Balaban J connectivity index is 2.73. The Morgan fingerprint density at radius 2 is 2.12 bits per heavy atom. The summed E-state index contributed by atoms with van der Waals surface area (Å²) in [6.45, 7) is 5.09. The predicted molar refractivity (Wildman–Crippen MR) is 59.8 cm³/mol. The molecule has 3 N–H and O–H groups in total. The smallest absolute Gasteiger partial charge is 0.321 e. The molecule has 1 aliphatic heterocycles. The molecular formula is C11H20N2O3. The molecule has 0 spiro atoms. The number of carbonyl (C=O) groups excluding carboxylic acids is 1. The maximum absolute atomic E-state index is 11.3. The first-order valence-corrected chi connectivity index (χ1v) is 5.60. The molecule has 5 nitrogen and oxygen atoms in total. The van der Waals surface area contributed by atoms with E-state index in [0.29, 0.717) is 6.54 Å². The summed E-state index contributed by atoms with van der Waals surface area (Å²) in [6, 6.07) is -0.513. The van der Waals surface area contributed by atoms with Gasteiger partial charge in [-0.25, -0.2) is 0 Å². The van der Waals surface area contributed by atoms with E-state index >= 15 is 0 Å². The number of piperidine rings is 1. The highest BCUT2D eigenvalue weighted by Crippen LogP contribution is 2.35. The second-order valence-electron chi connectivity index (χ2n) is 5.09. The standard InChI is InChI=1S/C11H20N2O3/c1-11(2)5-3-6-13(7-4-8(12)14)9(11)10(15)16/h9H,3-7H2,1-2H3,(H2,12,14)(H,15,16). The lowest BCUT2D eigenvalue weighted by Crippen LogP contribution is -2.54. The summed E-state index contributed by atoms with van der Waals surface area (Å²) in [5.41, 5.74) is 4.84. The normalized spacial score (nSPS) is 25.2. The predicted octanol–water partition coefficient (Wildman–Crippen LogP) is 0.437. The molecule has 1 heterocycles. The second-order valence-corrected chi connectivity index (χ2v) is 5.09. The topological polar surface area (TPSA) is 83.6 Å². The van der Waals surface area contributed by atoms with Gasteiger partial charge in [0.15, 0.2) is 0 Å². The molecule has 1 atom stereocenters. The Kier molecular flexibility index (Phi) is 3.91. The third kappa shape index (κ3) is 2.95. The molecule has 0 aromatic carbocycles. The summed E-state index contributed by atoms with van der Waals surface area (Å²) in [5.74, 6) is -1.19. The lowest BCUT2D eigenvalue weighted by Gasteiger charge is -2.43. The molecule has 16 heavy (non-hydrogen) atoms. The largest absolute Gasteiger partial charge is 0.480 e. The van der Waals surface area contributed by atoms with Crippen LogP contribution >= 0.6 is 0 Å². The Morgan fingerprint density at radius 3 is 2.62 bits per heavy atom. The van der Waals surface area contributed by atoms with Crippen molar-refractivity contribution in [1.29, 1.82) is 0 Å². The number of hydrogen-bond donors (Lipinski definition) is 2. The minimum absolute atomic E-state index is 0.222. The first-order valence-electron chi connectivity index (χ1n) is 5.60. The van der Waals surface area contributed by atoms with E-state index in [-0.39, 0.29) is 17.7 Å². The van der Waals surface area contributed by atoms with E-state index in [1.165, 1.54) is 0 Å². The maximum Gasteiger partial charge on any atom is 0.321 e. The molecule has 0 radical (unpaired) electrons. The van der Waals surface area contributed by atoms with Gasteiger partial charge in [-0.1, -0.05) is 13.8 Å². The van der Waals surface area contributed by atoms with E-state index in [1.54, 1.807) is 0 Å². The number of aliphatic carboxylic acids is 1. The van der Waals surface area contributed by atoms with Crippen molar-refractivity contribution in [2.24, 2.45) is 11.1 Å². The van der Waals surface area contributed by atoms with E-state index in [0.717, 1.165) is 19.4 Å². The van der Waals surface area contributed by atoms with E-state index in [4.69, 9.17) is 5.73 Å². The highest BCUT2D eigenvalue weighted by molar-refractivity contribution is 5.76. The zero-order valence-corrected chi connectivity index (χ0v) is 9.90. The van der Waals surface area contributed by atoms with Gasteiger partial charge in [0.05, 0.1) is 0 Å². The molecule has 1 aliphatic rings. The number of amides is 1. The van der Waals surface area contributed by atoms with Crippen LogP contribution in [0, 0.1) is 5.41 Å². The van der Waals surface area contributed by atoms with Crippen LogP contribution < -0.4 is 5.73 Å². The number of nitrogens with two attached hydrogens (primary N) is 1. The van der Waals surface area contributed by atoms with Crippen molar-refractivity contribution in [3.05, 3.63) is 0 Å². The minimum Gasteiger partial charge on any atom is -0.480 e. The molecule has 0 aromatic heterocycles. The Bertz CT molecular complexity index is 289. The van der Waals surface area contributed by atoms with Crippen LogP contribution in [-0.4, -0.2) is 41.0 Å². The van der Waals surface area contributed by atoms with Crippen molar-refractivity contribution in [2.45, 2.75) is 39.2 Å². The molecular weight excluding hydrogens is 208 g/mol. The lowest BCUT2D eigenvalue weighted by atomic mass is 9.76. The number of carboxylic acids is 1. The number of nitrogens with zero attached hydrogens (tertiary/aromatic N) is 1. The average Bonchev–Trinajstić information content (AvgIpc) is 2.12. The third-order valence-corrected chi connectivity index (χ3v) is 3.25. The van der Waals surface area contributed by atoms with Gasteiger partial charge in [0.1, 0.15) is 6.04 Å². The Morgan fingerprint density at radius 1 is 1.50 bits per heavy atom. The van der Waals surface area contributed by atoms with Gasteiger partial charge < -0.3 is 10.8 Å². The third-order valence-electron chi connectivity index (χ3n) is 3.25. The number of primary amides is 1. The molecule has 5 heteroatoms. The molecule has 0 bridgehead atoms. The molecule has 0 aliphatic carbocycles. The second kappa shape index (κ2) is 4.82. The van der Waals surface area contributed by atoms with Crippen molar-refractivity contribution in [3.8, 4) is 0 Å². The summed E-state index contributed by atoms with van der Waals surface area (Å²) in [4.78, 5) is 23.9. The van der Waals surface area contributed by atoms with Crippen LogP contribution in [0.25, 0.3) is 0 Å². The lowest BCUT2D eigenvalue weighted by molar-refractivity contribution is -0.151. The van der Waals surface area contributed by atoms with Crippen LogP contribution in [0.4, 0.5) is 0 Å². The molecule has 1 rings (SSSR count). The molecule has 0 aromatic rings. The average molecular weight is 228 g/mol. The van der Waals surface area contributed by atoms with Crippen LogP contribution in [-0.2, 0) is 9.59 Å². The first kappa shape index (κ1) is 13.0. The van der Waals surface area contributed by atoms with Gasteiger partial charge in [-0.2, -0.15) is 0 Å². The fourth-order valence-electron chi connectivity index (χ4n) is 2.48. The van der Waals surface area contributed by atoms with Crippen molar-refractivity contribution >= 4 is 11.9 Å². The van der Waals surface area contributed by atoms with Crippen molar-refractivity contribution in [2.75, 3.05) is 13.1 Å². The van der Waals surface area contributed by atoms with Crippen LogP contribution in [0.3, 0.4) is 0 Å². The van der Waals surface area contributed by atoms with Gasteiger partial charge in [0, 0.05) is 13.0 Å². The fraction of sp³-hybridized carbons (Fsp3) is 0.818. The zero-order chi connectivity index (χ0) is 12.3. The highest BCUT2D eigenvalue weighted by Gasteiger charge is 2.42. The summed E-state index contributed by atoms with van der Waals surface area (Å²) >= 11 is 0. The van der Waals surface area contributed by atoms with Crippen molar-refractivity contribution < 1.29 is 14.7 Å². The summed E-state index contributed by atoms with van der Waals surface area (Å²) in [6.07, 6.45) is 2.09. The quantitative estimate of drug-likeness (QED) is 0.731. The minimum atomic E-state index is -0.811. The maximum atomic E-state index is 11.3. The van der Waals surface area contributed by atoms with Gasteiger partial charge in [0.2, 0.25) is 5.91 Å². The van der Waals surface area contributed by atoms with Gasteiger partial charge in [0.25, 0.3) is 0 Å². The van der Waals surface area contributed by atoms with Crippen LogP contribution in [0.2, 0.25) is 0 Å². The molecule has 1 fully saturated rings. The van der Waals surface area contributed by atoms with E-state index in [1.807, 2.05) is 18.7 Å². The zero-order valence-electron chi connectivity index (χ0n) is 9.90. The monoisotopic (exact) mass is 228 g/mol. The van der Waals surface area contributed by atoms with Crippen molar-refractivity contribution in [1.82, 2.24) is 4.90 Å². The van der Waals surface area contributed by atoms with Crippen LogP contribution in [0.15, 0.2) is 0 Å². The Hall–Kier alpha value is -1.10. The molecule has 1 saturated heterocycles. The molecule has 1 amide bonds. The van der Waals surface area contributed by atoms with Gasteiger partial charge in [-0.05, 0) is 24.8 Å². The van der Waals surface area contributed by atoms with Crippen LogP contribution in [0.1, 0.15) is 33.1 Å². The number of carboxylic acid groups (broad SMARTS) is 1. The molecule has 92 valence electrons. The fourth-order valence-corrected chi connectivity index (χ4v) is 2.48. The number of hydrogen-bond acceptors (Lipinski definition) is 3. The van der Waals surface area contributed by atoms with E-state index in [9.17, 15) is 14.7 Å². The summed E-state index contributed by atoms with van der Waals surface area (Å²) < 4.78 is 0. The van der Waals surface area contributed by atoms with E-state index < -0.39 is 12.0 Å². The van der Waals surface area contributed by atoms with Crippen molar-refractivity contribution in [3.63, 3.8) is 0 Å². The SMILES string of the molecule is CC1(C)CCCN(CCC(N)=O)C1C(=O)O. The summed E-state index contributed by atoms with van der Waals surface area (Å²) in [5, 5.41) is 9.25. The first-order chi connectivity index (χ1) is 7.34. The van der Waals surface area contributed by atoms with Crippen LogP contribution in [0.5, 0.6) is 0 Å². The van der Waals surface area contributed by atoms with E-state index in [2.05, 4.69) is 0 Å². The molecule has 0 saturated carbocycles. The number of carbonyl (C=O) groups is 2. The molecule has 1 unspecified atom stereocenters. The van der Waals surface area contributed by atoms with Gasteiger partial charge >= 0.3 is 5.97 Å². The number of rotatable bonds is 4. The summed E-state index contributed by atoms with van der Waals surface area (Å²) in [7, 11) is 0. The van der Waals surface area contributed by atoms with Gasteiger partial charge in [-0.15, -0.1) is 0 Å². The van der Waals surface area contributed by atoms with Gasteiger partial charge in [-0.3, -0.25) is 14.5 Å².